The molecule has 3 N–H and O–H groups in total. The summed E-state index contributed by atoms with van der Waals surface area (Å²) in [5, 5.41) is 5.35. The number of benzene rings is 1. The van der Waals surface area contributed by atoms with E-state index in [1.165, 1.54) is 19.2 Å². The SMILES string of the molecule is CNCC(=O)Nc1ccc(OC)c(S(=O)(=O)NC2CC2)c1.Cl. The highest BCUT2D eigenvalue weighted by molar-refractivity contribution is 7.89. The van der Waals surface area contributed by atoms with Crippen LogP contribution in [0.15, 0.2) is 23.1 Å². The average molecular weight is 350 g/mol. The molecule has 0 saturated heterocycles. The number of ether oxygens (including phenoxy) is 1. The van der Waals surface area contributed by atoms with Gasteiger partial charge in [0.25, 0.3) is 0 Å². The molecule has 1 fully saturated rings. The van der Waals surface area contributed by atoms with Gasteiger partial charge in [0.05, 0.1) is 13.7 Å². The van der Waals surface area contributed by atoms with E-state index >= 15 is 0 Å². The third-order valence-corrected chi connectivity index (χ3v) is 4.52. The largest absolute Gasteiger partial charge is 0.495 e. The molecule has 0 unspecified atom stereocenters. The Morgan fingerprint density at radius 2 is 2.05 bits per heavy atom. The van der Waals surface area contributed by atoms with Crippen LogP contribution < -0.4 is 20.1 Å². The van der Waals surface area contributed by atoms with Crippen molar-refractivity contribution < 1.29 is 17.9 Å². The van der Waals surface area contributed by atoms with Crippen LogP contribution in [-0.4, -0.2) is 41.1 Å². The third kappa shape index (κ3) is 4.84. The number of likely N-dealkylation sites (N-methyl/N-ethyl adjacent to an activating group) is 1. The van der Waals surface area contributed by atoms with Crippen molar-refractivity contribution in [3.8, 4) is 5.75 Å². The lowest BCUT2D eigenvalue weighted by Crippen LogP contribution is -2.27. The van der Waals surface area contributed by atoms with Crippen molar-refractivity contribution in [3.63, 3.8) is 0 Å². The molecule has 0 spiro atoms. The Kier molecular flexibility index (Phi) is 6.61. The molecule has 0 heterocycles. The number of carbonyl (C=O) groups excluding carboxylic acids is 1. The maximum Gasteiger partial charge on any atom is 0.244 e. The van der Waals surface area contributed by atoms with Gasteiger partial charge in [0, 0.05) is 11.7 Å². The summed E-state index contributed by atoms with van der Waals surface area (Å²) < 4.78 is 32.3. The van der Waals surface area contributed by atoms with Crippen LogP contribution in [0.4, 0.5) is 5.69 Å². The maximum atomic E-state index is 12.3. The van der Waals surface area contributed by atoms with E-state index in [2.05, 4.69) is 15.4 Å². The van der Waals surface area contributed by atoms with Gasteiger partial charge in [-0.15, -0.1) is 12.4 Å². The Morgan fingerprint density at radius 3 is 2.59 bits per heavy atom. The predicted octanol–water partition coefficient (Wildman–Crippen LogP) is 0.716. The first-order chi connectivity index (χ1) is 9.96. The van der Waals surface area contributed by atoms with Gasteiger partial charge in [0.15, 0.2) is 0 Å². The summed E-state index contributed by atoms with van der Waals surface area (Å²) in [4.78, 5) is 11.6. The zero-order valence-corrected chi connectivity index (χ0v) is 14.0. The van der Waals surface area contributed by atoms with E-state index < -0.39 is 10.0 Å². The van der Waals surface area contributed by atoms with Crippen molar-refractivity contribution in [1.29, 1.82) is 0 Å². The summed E-state index contributed by atoms with van der Waals surface area (Å²) >= 11 is 0. The molecule has 0 atom stereocenters. The molecule has 1 aliphatic carbocycles. The van der Waals surface area contributed by atoms with E-state index in [1.54, 1.807) is 13.1 Å². The van der Waals surface area contributed by atoms with E-state index in [9.17, 15) is 13.2 Å². The van der Waals surface area contributed by atoms with Crippen molar-refractivity contribution in [2.45, 2.75) is 23.8 Å². The quantitative estimate of drug-likeness (QED) is 0.674. The number of rotatable bonds is 7. The fourth-order valence-corrected chi connectivity index (χ4v) is 3.31. The number of sulfonamides is 1. The van der Waals surface area contributed by atoms with Crippen LogP contribution in [-0.2, 0) is 14.8 Å². The molecule has 124 valence electrons. The summed E-state index contributed by atoms with van der Waals surface area (Å²) in [5.41, 5.74) is 0.409. The average Bonchev–Trinajstić information content (AvgIpc) is 3.22. The van der Waals surface area contributed by atoms with Gasteiger partial charge in [0.2, 0.25) is 15.9 Å². The number of carbonyl (C=O) groups is 1. The Balaban J connectivity index is 0.00000242. The van der Waals surface area contributed by atoms with Crippen LogP contribution >= 0.6 is 12.4 Å². The summed E-state index contributed by atoms with van der Waals surface area (Å²) in [6.07, 6.45) is 1.69. The molecule has 0 aromatic heterocycles. The first kappa shape index (κ1) is 18.7. The number of hydrogen-bond acceptors (Lipinski definition) is 5. The van der Waals surface area contributed by atoms with E-state index in [1.807, 2.05) is 0 Å². The lowest BCUT2D eigenvalue weighted by Gasteiger charge is -2.12. The second kappa shape index (κ2) is 7.77. The maximum absolute atomic E-state index is 12.3. The van der Waals surface area contributed by atoms with Gasteiger partial charge in [0.1, 0.15) is 10.6 Å². The van der Waals surface area contributed by atoms with Gasteiger partial charge in [-0.25, -0.2) is 13.1 Å². The molecule has 22 heavy (non-hydrogen) atoms. The second-order valence-corrected chi connectivity index (χ2v) is 6.52. The number of halogens is 1. The van der Waals surface area contributed by atoms with Crippen molar-refractivity contribution in [2.24, 2.45) is 0 Å². The number of amides is 1. The molecule has 1 amide bonds. The third-order valence-electron chi connectivity index (χ3n) is 2.97. The highest BCUT2D eigenvalue weighted by Gasteiger charge is 2.30. The molecule has 1 aromatic carbocycles. The molecule has 1 aromatic rings. The standard InChI is InChI=1S/C13H19N3O4S.ClH/c1-14-8-13(17)15-10-5-6-11(20-2)12(7-10)21(18,19)16-9-3-4-9;/h5-7,9,14,16H,3-4,8H2,1-2H3,(H,15,17);1H. The van der Waals surface area contributed by atoms with Gasteiger partial charge in [-0.3, -0.25) is 4.79 Å². The Morgan fingerprint density at radius 1 is 1.36 bits per heavy atom. The Labute approximate surface area is 136 Å². The fourth-order valence-electron chi connectivity index (χ4n) is 1.81. The molecule has 0 radical (unpaired) electrons. The molecule has 7 nitrogen and oxygen atoms in total. The van der Waals surface area contributed by atoms with Gasteiger partial charge < -0.3 is 15.4 Å². The van der Waals surface area contributed by atoms with Crippen LogP contribution in [0.5, 0.6) is 5.75 Å². The number of anilines is 1. The zero-order chi connectivity index (χ0) is 15.5. The van der Waals surface area contributed by atoms with Crippen LogP contribution in [0.3, 0.4) is 0 Å². The number of methoxy groups -OCH3 is 1. The van der Waals surface area contributed by atoms with Gasteiger partial charge in [-0.2, -0.15) is 0 Å². The van der Waals surface area contributed by atoms with Crippen LogP contribution in [0, 0.1) is 0 Å². The van der Waals surface area contributed by atoms with Gasteiger partial charge in [-0.1, -0.05) is 0 Å². The smallest absolute Gasteiger partial charge is 0.244 e. The summed E-state index contributed by atoms with van der Waals surface area (Å²) in [6.45, 7) is 0.147. The molecular formula is C13H20ClN3O4S. The van der Waals surface area contributed by atoms with E-state index in [4.69, 9.17) is 4.74 Å². The molecule has 9 heteroatoms. The van der Waals surface area contributed by atoms with Crippen LogP contribution in [0.25, 0.3) is 0 Å². The van der Waals surface area contributed by atoms with Gasteiger partial charge >= 0.3 is 0 Å². The molecule has 0 bridgehead atoms. The minimum Gasteiger partial charge on any atom is -0.495 e. The second-order valence-electron chi connectivity index (χ2n) is 4.84. The Bertz CT molecular complexity index is 632. The van der Waals surface area contributed by atoms with E-state index in [0.717, 1.165) is 12.8 Å². The monoisotopic (exact) mass is 349 g/mol. The van der Waals surface area contributed by atoms with Crippen molar-refractivity contribution >= 4 is 34.0 Å². The molecule has 1 saturated carbocycles. The first-order valence-electron chi connectivity index (χ1n) is 6.61. The first-order valence-corrected chi connectivity index (χ1v) is 8.09. The highest BCUT2D eigenvalue weighted by atomic mass is 35.5. The van der Waals surface area contributed by atoms with Gasteiger partial charge in [-0.05, 0) is 38.1 Å². The predicted molar refractivity (Wildman–Crippen MR) is 86.1 cm³/mol. The lowest BCUT2D eigenvalue weighted by molar-refractivity contribution is -0.115. The summed E-state index contributed by atoms with van der Waals surface area (Å²) in [6, 6.07) is 4.53. The van der Waals surface area contributed by atoms with E-state index in [0.29, 0.717) is 5.69 Å². The topological polar surface area (TPSA) is 96.5 Å². The van der Waals surface area contributed by atoms with Crippen molar-refractivity contribution in [1.82, 2.24) is 10.0 Å². The van der Waals surface area contributed by atoms with Crippen molar-refractivity contribution in [3.05, 3.63) is 18.2 Å². The normalized spacial score (nSPS) is 14.1. The molecule has 2 rings (SSSR count). The number of hydrogen-bond donors (Lipinski definition) is 3. The minimum absolute atomic E-state index is 0. The summed E-state index contributed by atoms with van der Waals surface area (Å²) in [5.74, 6) is -0.00377. The highest BCUT2D eigenvalue weighted by Crippen LogP contribution is 2.29. The van der Waals surface area contributed by atoms with Crippen LogP contribution in [0.1, 0.15) is 12.8 Å². The van der Waals surface area contributed by atoms with Crippen molar-refractivity contribution in [2.75, 3.05) is 26.0 Å². The number of nitrogens with one attached hydrogen (secondary N) is 3. The molecular weight excluding hydrogens is 330 g/mol. The summed E-state index contributed by atoms with van der Waals surface area (Å²) in [7, 11) is -0.589. The van der Waals surface area contributed by atoms with E-state index in [-0.39, 0.29) is 41.5 Å². The zero-order valence-electron chi connectivity index (χ0n) is 12.4. The fraction of sp³-hybridized carbons (Fsp3) is 0.462. The molecule has 1 aliphatic rings. The minimum atomic E-state index is -3.65. The lowest BCUT2D eigenvalue weighted by atomic mass is 10.3. The molecule has 0 aliphatic heterocycles. The van der Waals surface area contributed by atoms with Crippen LogP contribution in [0.2, 0.25) is 0 Å². The Hall–Kier alpha value is -1.35.